The van der Waals surface area contributed by atoms with Gasteiger partial charge in [-0.15, -0.1) is 0 Å². The number of halogens is 1. The molecule has 33 heavy (non-hydrogen) atoms. The Bertz CT molecular complexity index is 1290. The Morgan fingerprint density at radius 1 is 1.00 bits per heavy atom. The van der Waals surface area contributed by atoms with Gasteiger partial charge in [0.25, 0.3) is 10.0 Å². The number of ether oxygens (including phenoxy) is 1. The Labute approximate surface area is 198 Å². The number of hydrogen-bond donors (Lipinski definition) is 1. The molecule has 0 saturated carbocycles. The smallest absolute Gasteiger partial charge is 0.339 e. The van der Waals surface area contributed by atoms with E-state index in [9.17, 15) is 18.0 Å². The predicted molar refractivity (Wildman–Crippen MR) is 128 cm³/mol. The van der Waals surface area contributed by atoms with Crippen molar-refractivity contribution in [1.82, 2.24) is 0 Å². The lowest BCUT2D eigenvalue weighted by Crippen LogP contribution is -2.38. The first-order chi connectivity index (χ1) is 15.6. The number of carbonyl (C=O) groups excluding carboxylic acids is 2. The van der Waals surface area contributed by atoms with Crippen LogP contribution < -0.4 is 9.62 Å². The summed E-state index contributed by atoms with van der Waals surface area (Å²) in [5.41, 5.74) is 2.18. The molecule has 0 atom stereocenters. The van der Waals surface area contributed by atoms with Gasteiger partial charge in [0, 0.05) is 5.02 Å². The van der Waals surface area contributed by atoms with Gasteiger partial charge < -0.3 is 10.1 Å². The fourth-order valence-electron chi connectivity index (χ4n) is 3.24. The zero-order valence-corrected chi connectivity index (χ0v) is 19.9. The van der Waals surface area contributed by atoms with E-state index in [0.717, 1.165) is 9.87 Å². The Morgan fingerprint density at radius 3 is 2.30 bits per heavy atom. The summed E-state index contributed by atoms with van der Waals surface area (Å²) in [4.78, 5) is 25.0. The number of para-hydroxylation sites is 1. The molecule has 0 unspecified atom stereocenters. The minimum absolute atomic E-state index is 0.0465. The Balaban J connectivity index is 2.00. The molecule has 0 aromatic heterocycles. The van der Waals surface area contributed by atoms with Crippen LogP contribution in [0.25, 0.3) is 0 Å². The average molecular weight is 487 g/mol. The largest absolute Gasteiger partial charge is 0.465 e. The Hall–Kier alpha value is -3.36. The highest BCUT2D eigenvalue weighted by Crippen LogP contribution is 2.29. The second kappa shape index (κ2) is 10.1. The average Bonchev–Trinajstić information content (AvgIpc) is 2.78. The molecule has 0 aliphatic heterocycles. The number of nitrogens with one attached hydrogen (secondary N) is 1. The lowest BCUT2D eigenvalue weighted by molar-refractivity contribution is -0.114. The van der Waals surface area contributed by atoms with Gasteiger partial charge in [-0.3, -0.25) is 9.10 Å². The fraction of sp³-hybridized carbons (Fsp3) is 0.167. The number of anilines is 2. The molecular formula is C24H23ClN2O5S. The van der Waals surface area contributed by atoms with Crippen LogP contribution in [-0.2, 0) is 19.6 Å². The molecule has 0 aliphatic carbocycles. The number of hydrogen-bond acceptors (Lipinski definition) is 5. The van der Waals surface area contributed by atoms with E-state index < -0.39 is 28.4 Å². The van der Waals surface area contributed by atoms with Crippen LogP contribution in [0.3, 0.4) is 0 Å². The topological polar surface area (TPSA) is 92.8 Å². The maximum absolute atomic E-state index is 13.5. The van der Waals surface area contributed by atoms with Crippen molar-refractivity contribution in [3.05, 3.63) is 88.4 Å². The van der Waals surface area contributed by atoms with Crippen molar-refractivity contribution >= 4 is 44.9 Å². The number of amides is 1. The molecule has 1 amide bonds. The molecule has 0 bridgehead atoms. The van der Waals surface area contributed by atoms with Crippen molar-refractivity contribution in [3.8, 4) is 0 Å². The van der Waals surface area contributed by atoms with Crippen molar-refractivity contribution in [2.45, 2.75) is 18.7 Å². The number of nitrogens with zero attached hydrogens (tertiary/aromatic N) is 1. The van der Waals surface area contributed by atoms with Crippen LogP contribution in [0.2, 0.25) is 5.02 Å². The van der Waals surface area contributed by atoms with Crippen molar-refractivity contribution in [2.75, 3.05) is 23.3 Å². The van der Waals surface area contributed by atoms with Gasteiger partial charge in [0.2, 0.25) is 5.91 Å². The zero-order chi connectivity index (χ0) is 24.2. The van der Waals surface area contributed by atoms with Crippen molar-refractivity contribution in [3.63, 3.8) is 0 Å². The van der Waals surface area contributed by atoms with E-state index in [0.29, 0.717) is 16.3 Å². The lowest BCUT2D eigenvalue weighted by Gasteiger charge is -2.26. The molecule has 3 rings (SSSR count). The molecule has 9 heteroatoms. The van der Waals surface area contributed by atoms with E-state index in [-0.39, 0.29) is 16.1 Å². The molecule has 3 aromatic rings. The number of esters is 1. The number of methoxy groups -OCH3 is 1. The number of aryl methyl sites for hydroxylation is 2. The third-order valence-electron chi connectivity index (χ3n) is 4.93. The summed E-state index contributed by atoms with van der Waals surface area (Å²) >= 11 is 6.05. The number of carbonyl (C=O) groups is 2. The normalized spacial score (nSPS) is 11.0. The summed E-state index contributed by atoms with van der Waals surface area (Å²) in [5, 5.41) is 3.06. The van der Waals surface area contributed by atoms with E-state index >= 15 is 0 Å². The minimum atomic E-state index is -4.09. The number of sulfonamides is 1. The van der Waals surface area contributed by atoms with Crippen LogP contribution in [0.15, 0.2) is 71.6 Å². The van der Waals surface area contributed by atoms with Crippen molar-refractivity contribution < 1.29 is 22.7 Å². The lowest BCUT2D eigenvalue weighted by atomic mass is 10.1. The van der Waals surface area contributed by atoms with Crippen LogP contribution >= 0.6 is 11.6 Å². The molecule has 0 aliphatic rings. The molecule has 0 heterocycles. The van der Waals surface area contributed by atoms with E-state index in [4.69, 9.17) is 16.3 Å². The monoisotopic (exact) mass is 486 g/mol. The highest BCUT2D eigenvalue weighted by Gasteiger charge is 2.29. The van der Waals surface area contributed by atoms with Crippen molar-refractivity contribution in [1.29, 1.82) is 0 Å². The predicted octanol–water partition coefficient (Wildman–Crippen LogP) is 4.58. The van der Waals surface area contributed by atoms with Crippen LogP contribution in [0, 0.1) is 13.8 Å². The van der Waals surface area contributed by atoms with Gasteiger partial charge in [-0.2, -0.15) is 0 Å². The molecule has 0 radical (unpaired) electrons. The molecule has 3 aromatic carbocycles. The summed E-state index contributed by atoms with van der Waals surface area (Å²) in [7, 11) is -2.85. The number of rotatable bonds is 7. The third kappa shape index (κ3) is 5.53. The number of benzene rings is 3. The van der Waals surface area contributed by atoms with Crippen molar-refractivity contribution in [2.24, 2.45) is 0 Å². The van der Waals surface area contributed by atoms with E-state index in [1.807, 2.05) is 6.92 Å². The first kappa shape index (κ1) is 24.3. The Morgan fingerprint density at radius 2 is 1.67 bits per heavy atom. The van der Waals surface area contributed by atoms with E-state index in [2.05, 4.69) is 5.32 Å². The van der Waals surface area contributed by atoms with Gasteiger partial charge in [0.15, 0.2) is 0 Å². The maximum Gasteiger partial charge on any atom is 0.339 e. The molecule has 0 fully saturated rings. The second-order valence-electron chi connectivity index (χ2n) is 7.34. The van der Waals surface area contributed by atoms with Crippen LogP contribution in [0.4, 0.5) is 11.4 Å². The van der Waals surface area contributed by atoms with Gasteiger partial charge in [0.1, 0.15) is 6.54 Å². The van der Waals surface area contributed by atoms with Gasteiger partial charge in [-0.05, 0) is 61.9 Å². The zero-order valence-electron chi connectivity index (χ0n) is 18.3. The summed E-state index contributed by atoms with van der Waals surface area (Å²) in [6.45, 7) is 3.04. The van der Waals surface area contributed by atoms with Gasteiger partial charge >= 0.3 is 5.97 Å². The van der Waals surface area contributed by atoms with E-state index in [1.54, 1.807) is 49.4 Å². The summed E-state index contributed by atoms with van der Waals surface area (Å²) in [6.07, 6.45) is 0. The Kier molecular flexibility index (Phi) is 7.40. The maximum atomic E-state index is 13.5. The van der Waals surface area contributed by atoms with Crippen LogP contribution in [-0.4, -0.2) is 33.9 Å². The first-order valence-electron chi connectivity index (χ1n) is 9.96. The summed E-state index contributed by atoms with van der Waals surface area (Å²) < 4.78 is 32.8. The highest BCUT2D eigenvalue weighted by molar-refractivity contribution is 7.92. The summed E-state index contributed by atoms with van der Waals surface area (Å²) in [6, 6.07) is 17.4. The molecule has 0 saturated heterocycles. The second-order valence-corrected chi connectivity index (χ2v) is 9.64. The molecular weight excluding hydrogens is 464 g/mol. The van der Waals surface area contributed by atoms with E-state index in [1.165, 1.54) is 31.4 Å². The quantitative estimate of drug-likeness (QED) is 0.493. The van der Waals surface area contributed by atoms with Crippen LogP contribution in [0.1, 0.15) is 21.5 Å². The standard InChI is InChI=1S/C24H23ClN2O5S/c1-16-8-11-19(12-9-16)33(30,31)27(22-13-10-18(25)14-17(22)2)15-23(28)26-21-7-5-4-6-20(21)24(29)32-3/h4-14H,15H2,1-3H3,(H,26,28). The van der Waals surface area contributed by atoms with Crippen LogP contribution in [0.5, 0.6) is 0 Å². The molecule has 0 spiro atoms. The summed E-state index contributed by atoms with van der Waals surface area (Å²) in [5.74, 6) is -1.25. The molecule has 7 nitrogen and oxygen atoms in total. The first-order valence-corrected chi connectivity index (χ1v) is 11.8. The minimum Gasteiger partial charge on any atom is -0.465 e. The van der Waals surface area contributed by atoms with Gasteiger partial charge in [-0.1, -0.05) is 41.4 Å². The fourth-order valence-corrected chi connectivity index (χ4v) is 4.95. The third-order valence-corrected chi connectivity index (χ3v) is 6.94. The van der Waals surface area contributed by atoms with Gasteiger partial charge in [-0.25, -0.2) is 13.2 Å². The molecule has 172 valence electrons. The molecule has 1 N–H and O–H groups in total. The highest BCUT2D eigenvalue weighted by atomic mass is 35.5. The van der Waals surface area contributed by atoms with Gasteiger partial charge in [0.05, 0.1) is 28.9 Å². The SMILES string of the molecule is COC(=O)c1ccccc1NC(=O)CN(c1ccc(Cl)cc1C)S(=O)(=O)c1ccc(C)cc1.